The summed E-state index contributed by atoms with van der Waals surface area (Å²) >= 11 is 12.6. The third kappa shape index (κ3) is 3.38. The number of carbonyl (C=O) groups is 1. The van der Waals surface area contributed by atoms with Crippen LogP contribution in [0, 0.1) is 28.1 Å². The molecule has 37 heavy (non-hydrogen) atoms. The molecule has 0 aliphatic carbocycles. The molecule has 178 valence electrons. The summed E-state index contributed by atoms with van der Waals surface area (Å²) in [5, 5.41) is 23.9. The summed E-state index contributed by atoms with van der Waals surface area (Å²) in [4.78, 5) is 16.4. The highest BCUT2D eigenvalue weighted by Crippen LogP contribution is 2.57. The highest BCUT2D eigenvalue weighted by Gasteiger charge is 2.63. The molecule has 4 aromatic carbocycles. The number of anilines is 1. The number of rotatable bonds is 3. The van der Waals surface area contributed by atoms with Crippen molar-refractivity contribution < 1.29 is 4.79 Å². The second-order valence-corrected chi connectivity index (χ2v) is 10.2. The second-order valence-electron chi connectivity index (χ2n) is 9.35. The normalized spacial score (nSPS) is 21.1. The molecule has 3 atom stereocenters. The van der Waals surface area contributed by atoms with E-state index in [0.29, 0.717) is 21.2 Å². The Kier molecular flexibility index (Phi) is 5.54. The fourth-order valence-corrected chi connectivity index (χ4v) is 6.20. The van der Waals surface area contributed by atoms with Gasteiger partial charge < -0.3 is 4.90 Å². The van der Waals surface area contributed by atoms with Gasteiger partial charge in [0.25, 0.3) is 0 Å². The van der Waals surface area contributed by atoms with Gasteiger partial charge in [0.2, 0.25) is 0 Å². The van der Waals surface area contributed by atoms with E-state index in [1.54, 1.807) is 30.3 Å². The Balaban J connectivity index is 1.69. The molecule has 1 saturated heterocycles. The summed E-state index contributed by atoms with van der Waals surface area (Å²) < 4.78 is 0. The Morgan fingerprint density at radius 3 is 2.32 bits per heavy atom. The van der Waals surface area contributed by atoms with Gasteiger partial charge in [-0.2, -0.15) is 10.5 Å². The minimum absolute atomic E-state index is 0.164. The third-order valence-electron chi connectivity index (χ3n) is 7.52. The van der Waals surface area contributed by atoms with E-state index in [1.807, 2.05) is 71.6 Å². The molecule has 0 N–H and O–H groups in total. The lowest BCUT2D eigenvalue weighted by atomic mass is 9.69. The van der Waals surface area contributed by atoms with Gasteiger partial charge in [-0.3, -0.25) is 4.79 Å². The highest BCUT2D eigenvalue weighted by atomic mass is 35.5. The van der Waals surface area contributed by atoms with Crippen molar-refractivity contribution in [3.8, 4) is 12.1 Å². The molecule has 6 heteroatoms. The first-order valence-corrected chi connectivity index (χ1v) is 12.6. The molecule has 2 aliphatic rings. The number of hydrogen-bond acceptors (Lipinski definition) is 4. The summed E-state index contributed by atoms with van der Waals surface area (Å²) in [6.45, 7) is 0. The zero-order valence-corrected chi connectivity index (χ0v) is 21.0. The highest BCUT2D eigenvalue weighted by molar-refractivity contribution is 6.42. The molecule has 0 amide bonds. The first kappa shape index (κ1) is 23.3. The van der Waals surface area contributed by atoms with Crippen LogP contribution in [0.1, 0.15) is 27.4 Å². The van der Waals surface area contributed by atoms with Crippen LogP contribution in [0.2, 0.25) is 10.0 Å². The maximum atomic E-state index is 14.4. The topological polar surface area (TPSA) is 67.9 Å². The van der Waals surface area contributed by atoms with Crippen molar-refractivity contribution in [3.05, 3.63) is 118 Å². The van der Waals surface area contributed by atoms with Gasteiger partial charge in [-0.15, -0.1) is 0 Å². The molecule has 0 spiro atoms. The van der Waals surface area contributed by atoms with Gasteiger partial charge in [-0.1, -0.05) is 108 Å². The predicted octanol–water partition coefficient (Wildman–Crippen LogP) is 7.43. The van der Waals surface area contributed by atoms with Crippen LogP contribution in [0.15, 0.2) is 91.0 Å². The lowest BCUT2D eigenvalue weighted by Gasteiger charge is -2.36. The fourth-order valence-electron chi connectivity index (χ4n) is 5.90. The van der Waals surface area contributed by atoms with Gasteiger partial charge in [0.1, 0.15) is 6.04 Å². The van der Waals surface area contributed by atoms with E-state index < -0.39 is 23.4 Å². The Bertz CT molecular complexity index is 1670. The number of fused-ring (bicyclic) bond motifs is 5. The van der Waals surface area contributed by atoms with E-state index in [-0.39, 0.29) is 5.78 Å². The number of benzene rings is 4. The summed E-state index contributed by atoms with van der Waals surface area (Å²) in [7, 11) is 0. The van der Waals surface area contributed by atoms with Crippen molar-refractivity contribution in [2.75, 3.05) is 4.90 Å². The van der Waals surface area contributed by atoms with Crippen LogP contribution in [-0.4, -0.2) is 17.9 Å². The number of ketones is 1. The van der Waals surface area contributed by atoms with Crippen molar-refractivity contribution in [2.24, 2.45) is 5.41 Å². The third-order valence-corrected chi connectivity index (χ3v) is 8.26. The number of halogens is 2. The molecule has 6 rings (SSSR count). The smallest absolute Gasteiger partial charge is 0.185 e. The molecule has 4 nitrogen and oxygen atoms in total. The zero-order valence-electron chi connectivity index (χ0n) is 19.5. The maximum absolute atomic E-state index is 14.4. The molecule has 0 aromatic heterocycles. The monoisotopic (exact) mass is 519 g/mol. The van der Waals surface area contributed by atoms with Gasteiger partial charge in [-0.05, 0) is 28.6 Å². The minimum Gasteiger partial charge on any atom is -0.350 e. The van der Waals surface area contributed by atoms with Crippen molar-refractivity contribution in [1.29, 1.82) is 10.5 Å². The van der Waals surface area contributed by atoms with Gasteiger partial charge in [0, 0.05) is 16.9 Å². The van der Waals surface area contributed by atoms with Crippen molar-refractivity contribution in [1.82, 2.24) is 0 Å². The lowest BCUT2D eigenvalue weighted by Crippen LogP contribution is -2.44. The van der Waals surface area contributed by atoms with Crippen molar-refractivity contribution >= 4 is 51.5 Å². The standard InChI is InChI=1S/C31H19Cl2N3O/c32-24-14-12-22(16-25(24)33)27-29(30(37)21-7-2-1-3-8-21)36-26(31(27,17-34)18-35)15-13-20-11-10-19-6-4-5-9-23(19)28(20)36/h1-16,26-27,29H/t26-,27-,29+/m1/s1. The Morgan fingerprint density at radius 2 is 1.59 bits per heavy atom. The minimum atomic E-state index is -1.56. The molecule has 1 fully saturated rings. The molecule has 2 heterocycles. The van der Waals surface area contributed by atoms with Crippen LogP contribution in [0.4, 0.5) is 5.69 Å². The Labute approximate surface area is 224 Å². The summed E-state index contributed by atoms with van der Waals surface area (Å²) in [5.74, 6) is -0.951. The molecular weight excluding hydrogens is 501 g/mol. The van der Waals surface area contributed by atoms with Gasteiger partial charge in [0.05, 0.1) is 33.9 Å². The van der Waals surface area contributed by atoms with Crippen LogP contribution in [-0.2, 0) is 0 Å². The molecule has 0 unspecified atom stereocenters. The molecule has 4 aromatic rings. The van der Waals surface area contributed by atoms with E-state index in [0.717, 1.165) is 22.0 Å². The SMILES string of the molecule is N#CC1(C#N)[C@H](c2ccc(Cl)c(Cl)c2)[C@@H](C(=O)c2ccccc2)N2c3c(ccc4ccccc34)C=C[C@@H]21. The van der Waals surface area contributed by atoms with Crippen LogP contribution >= 0.6 is 23.2 Å². The summed E-state index contributed by atoms with van der Waals surface area (Å²) in [5.41, 5.74) is 1.35. The average Bonchev–Trinajstić information content (AvgIpc) is 3.25. The van der Waals surface area contributed by atoms with Gasteiger partial charge in [0.15, 0.2) is 11.2 Å². The quantitative estimate of drug-likeness (QED) is 0.264. The van der Waals surface area contributed by atoms with Crippen molar-refractivity contribution in [2.45, 2.75) is 18.0 Å². The van der Waals surface area contributed by atoms with Crippen LogP contribution in [0.25, 0.3) is 16.8 Å². The number of nitriles is 2. The molecule has 0 radical (unpaired) electrons. The average molecular weight is 520 g/mol. The molecule has 2 aliphatic heterocycles. The number of hydrogen-bond donors (Lipinski definition) is 0. The second kappa shape index (κ2) is 8.79. The fraction of sp³-hybridized carbons (Fsp3) is 0.129. The van der Waals surface area contributed by atoms with E-state index in [2.05, 4.69) is 12.1 Å². The largest absolute Gasteiger partial charge is 0.350 e. The molecule has 0 saturated carbocycles. The molecule has 0 bridgehead atoms. The first-order chi connectivity index (χ1) is 18.0. The number of nitrogens with zero attached hydrogens (tertiary/aromatic N) is 3. The van der Waals surface area contributed by atoms with Gasteiger partial charge >= 0.3 is 0 Å². The molecular formula is C31H19Cl2N3O. The predicted molar refractivity (Wildman–Crippen MR) is 147 cm³/mol. The Morgan fingerprint density at radius 1 is 0.865 bits per heavy atom. The zero-order chi connectivity index (χ0) is 25.7. The van der Waals surface area contributed by atoms with Crippen LogP contribution in [0.3, 0.4) is 0 Å². The Hall–Kier alpha value is -4.09. The van der Waals surface area contributed by atoms with E-state index in [4.69, 9.17) is 23.2 Å². The lowest BCUT2D eigenvalue weighted by molar-refractivity contribution is 0.0951. The van der Waals surface area contributed by atoms with E-state index in [1.165, 1.54) is 0 Å². The van der Waals surface area contributed by atoms with E-state index in [9.17, 15) is 15.3 Å². The summed E-state index contributed by atoms with van der Waals surface area (Å²) in [6, 6.07) is 29.3. The van der Waals surface area contributed by atoms with Crippen LogP contribution in [0.5, 0.6) is 0 Å². The van der Waals surface area contributed by atoms with Gasteiger partial charge in [-0.25, -0.2) is 0 Å². The van der Waals surface area contributed by atoms with Crippen molar-refractivity contribution in [3.63, 3.8) is 0 Å². The maximum Gasteiger partial charge on any atom is 0.185 e. The van der Waals surface area contributed by atoms with Crippen LogP contribution < -0.4 is 4.90 Å². The summed E-state index contributed by atoms with van der Waals surface area (Å²) in [6.07, 6.45) is 3.83. The van der Waals surface area contributed by atoms with E-state index >= 15 is 0 Å². The number of Topliss-reactive ketones (excluding diaryl/α,β-unsaturated/α-hetero) is 1. The number of carbonyl (C=O) groups excluding carboxylic acids is 1. The first-order valence-electron chi connectivity index (χ1n) is 11.8.